The van der Waals surface area contributed by atoms with E-state index < -0.39 is 5.97 Å². The number of aliphatic carboxylic acids is 1. The van der Waals surface area contributed by atoms with Crippen molar-refractivity contribution in [3.05, 3.63) is 42.0 Å². The number of anilines is 1. The lowest BCUT2D eigenvalue weighted by Gasteiger charge is -2.05. The highest BCUT2D eigenvalue weighted by atomic mass is 16.4. The van der Waals surface area contributed by atoms with Crippen molar-refractivity contribution in [1.29, 1.82) is 0 Å². The van der Waals surface area contributed by atoms with E-state index in [0.717, 1.165) is 25.1 Å². The summed E-state index contributed by atoms with van der Waals surface area (Å²) in [6.45, 7) is 2.95. The number of hydrogen-bond donors (Lipinski definition) is 2. The first kappa shape index (κ1) is 16.0. The van der Waals surface area contributed by atoms with Crippen LogP contribution in [0.1, 0.15) is 43.0 Å². The second-order valence-electron chi connectivity index (χ2n) is 4.49. The summed E-state index contributed by atoms with van der Waals surface area (Å²) >= 11 is 0. The van der Waals surface area contributed by atoms with E-state index in [1.54, 1.807) is 12.1 Å². The standard InChI is InChI=1S/C16H21NO3/c1-2-3-4-5-12-17-14-8-6-13(7-9-14)15(18)10-11-16(19)20/h3-4,6-9,17H,2,5,10-12H2,1H3,(H,19,20)/b4-3+. The predicted molar refractivity (Wildman–Crippen MR) is 80.2 cm³/mol. The van der Waals surface area contributed by atoms with E-state index in [2.05, 4.69) is 24.4 Å². The number of hydrogen-bond acceptors (Lipinski definition) is 3. The Morgan fingerprint density at radius 3 is 2.45 bits per heavy atom. The first-order valence-electron chi connectivity index (χ1n) is 6.87. The number of carbonyl (C=O) groups is 2. The molecule has 0 aromatic heterocycles. The van der Waals surface area contributed by atoms with Gasteiger partial charge in [0.05, 0.1) is 6.42 Å². The number of carbonyl (C=O) groups excluding carboxylic acids is 1. The van der Waals surface area contributed by atoms with E-state index in [1.807, 2.05) is 12.1 Å². The van der Waals surface area contributed by atoms with E-state index in [-0.39, 0.29) is 18.6 Å². The highest BCUT2D eigenvalue weighted by molar-refractivity contribution is 5.97. The van der Waals surface area contributed by atoms with Crippen molar-refractivity contribution in [3.8, 4) is 0 Å². The van der Waals surface area contributed by atoms with Gasteiger partial charge >= 0.3 is 5.97 Å². The fourth-order valence-electron chi connectivity index (χ4n) is 1.72. The summed E-state index contributed by atoms with van der Waals surface area (Å²) < 4.78 is 0. The summed E-state index contributed by atoms with van der Waals surface area (Å²) in [7, 11) is 0. The third-order valence-electron chi connectivity index (χ3n) is 2.82. The summed E-state index contributed by atoms with van der Waals surface area (Å²) in [5, 5.41) is 11.8. The van der Waals surface area contributed by atoms with Crippen LogP contribution < -0.4 is 5.32 Å². The predicted octanol–water partition coefficient (Wildman–Crippen LogP) is 3.50. The first-order chi connectivity index (χ1) is 9.63. The van der Waals surface area contributed by atoms with Gasteiger partial charge in [-0.1, -0.05) is 19.1 Å². The number of ketones is 1. The molecule has 2 N–H and O–H groups in total. The largest absolute Gasteiger partial charge is 0.481 e. The lowest BCUT2D eigenvalue weighted by molar-refractivity contribution is -0.136. The molecule has 1 aromatic rings. The van der Waals surface area contributed by atoms with Crippen LogP contribution in [0.2, 0.25) is 0 Å². The summed E-state index contributed by atoms with van der Waals surface area (Å²) in [5.74, 6) is -1.08. The van der Waals surface area contributed by atoms with Crippen LogP contribution in [0.25, 0.3) is 0 Å². The molecule has 0 radical (unpaired) electrons. The van der Waals surface area contributed by atoms with Gasteiger partial charge in [-0.05, 0) is 37.1 Å². The van der Waals surface area contributed by atoms with E-state index in [1.165, 1.54) is 0 Å². The fraction of sp³-hybridized carbons (Fsp3) is 0.375. The van der Waals surface area contributed by atoms with Crippen molar-refractivity contribution < 1.29 is 14.7 Å². The van der Waals surface area contributed by atoms with Gasteiger partial charge < -0.3 is 10.4 Å². The number of allylic oxidation sites excluding steroid dienone is 1. The van der Waals surface area contributed by atoms with Gasteiger partial charge in [-0.25, -0.2) is 0 Å². The second-order valence-corrected chi connectivity index (χ2v) is 4.49. The van der Waals surface area contributed by atoms with E-state index in [9.17, 15) is 9.59 Å². The Morgan fingerprint density at radius 2 is 1.85 bits per heavy atom. The number of carboxylic acids is 1. The summed E-state index contributed by atoms with van der Waals surface area (Å²) in [6.07, 6.45) is 6.20. The molecule has 1 aromatic carbocycles. The van der Waals surface area contributed by atoms with Gasteiger partial charge in [0.2, 0.25) is 0 Å². The van der Waals surface area contributed by atoms with Crippen LogP contribution in [0.5, 0.6) is 0 Å². The number of Topliss-reactive ketones (excluding diaryl/α,β-unsaturated/α-hetero) is 1. The minimum Gasteiger partial charge on any atom is -0.481 e. The van der Waals surface area contributed by atoms with Gasteiger partial charge in [0, 0.05) is 24.2 Å². The number of benzene rings is 1. The zero-order valence-electron chi connectivity index (χ0n) is 11.8. The molecule has 20 heavy (non-hydrogen) atoms. The molecule has 0 heterocycles. The van der Waals surface area contributed by atoms with Crippen molar-refractivity contribution in [1.82, 2.24) is 0 Å². The van der Waals surface area contributed by atoms with Crippen molar-refractivity contribution in [2.45, 2.75) is 32.6 Å². The van der Waals surface area contributed by atoms with Crippen molar-refractivity contribution >= 4 is 17.4 Å². The zero-order valence-corrected chi connectivity index (χ0v) is 11.8. The minimum atomic E-state index is -0.947. The Hall–Kier alpha value is -2.10. The number of nitrogens with one attached hydrogen (secondary N) is 1. The maximum atomic E-state index is 11.7. The van der Waals surface area contributed by atoms with Crippen LogP contribution in [-0.4, -0.2) is 23.4 Å². The van der Waals surface area contributed by atoms with Gasteiger partial charge in [-0.15, -0.1) is 0 Å². The van der Waals surface area contributed by atoms with Crippen molar-refractivity contribution in [2.24, 2.45) is 0 Å². The SMILES string of the molecule is CC/C=C/CCNc1ccc(C(=O)CCC(=O)O)cc1. The van der Waals surface area contributed by atoms with Crippen LogP contribution in [0, 0.1) is 0 Å². The van der Waals surface area contributed by atoms with Gasteiger partial charge in [0.1, 0.15) is 0 Å². The molecule has 0 aliphatic carbocycles. The lowest BCUT2D eigenvalue weighted by atomic mass is 10.1. The Labute approximate surface area is 119 Å². The molecule has 0 aliphatic rings. The average Bonchev–Trinajstić information content (AvgIpc) is 2.45. The van der Waals surface area contributed by atoms with Gasteiger partial charge in [-0.2, -0.15) is 0 Å². The van der Waals surface area contributed by atoms with Crippen LogP contribution in [0.4, 0.5) is 5.69 Å². The quantitative estimate of drug-likeness (QED) is 0.411. The smallest absolute Gasteiger partial charge is 0.303 e. The summed E-state index contributed by atoms with van der Waals surface area (Å²) in [6, 6.07) is 7.15. The molecule has 0 spiro atoms. The summed E-state index contributed by atoms with van der Waals surface area (Å²) in [5.41, 5.74) is 1.52. The highest BCUT2D eigenvalue weighted by Gasteiger charge is 2.08. The number of carboxylic acid groups (broad SMARTS) is 1. The normalized spacial score (nSPS) is 10.7. The molecule has 0 unspecified atom stereocenters. The monoisotopic (exact) mass is 275 g/mol. The molecule has 4 nitrogen and oxygen atoms in total. The molecule has 4 heteroatoms. The summed E-state index contributed by atoms with van der Waals surface area (Å²) in [4.78, 5) is 22.1. The van der Waals surface area contributed by atoms with Crippen LogP contribution in [-0.2, 0) is 4.79 Å². The maximum Gasteiger partial charge on any atom is 0.303 e. The highest BCUT2D eigenvalue weighted by Crippen LogP contribution is 2.12. The Bertz CT molecular complexity index is 463. The first-order valence-corrected chi connectivity index (χ1v) is 6.87. The maximum absolute atomic E-state index is 11.7. The van der Waals surface area contributed by atoms with Gasteiger partial charge in [-0.3, -0.25) is 9.59 Å². The fourth-order valence-corrected chi connectivity index (χ4v) is 1.72. The van der Waals surface area contributed by atoms with Crippen molar-refractivity contribution in [3.63, 3.8) is 0 Å². The molecule has 0 atom stereocenters. The van der Waals surface area contributed by atoms with E-state index >= 15 is 0 Å². The molecule has 108 valence electrons. The van der Waals surface area contributed by atoms with Crippen LogP contribution in [0.3, 0.4) is 0 Å². The molecule has 0 saturated carbocycles. The van der Waals surface area contributed by atoms with Crippen LogP contribution >= 0.6 is 0 Å². The zero-order chi connectivity index (χ0) is 14.8. The Kier molecular flexibility index (Phi) is 7.11. The molecule has 1 rings (SSSR count). The lowest BCUT2D eigenvalue weighted by Crippen LogP contribution is -2.04. The van der Waals surface area contributed by atoms with Gasteiger partial charge in [0.15, 0.2) is 5.78 Å². The average molecular weight is 275 g/mol. The topological polar surface area (TPSA) is 66.4 Å². The molecule has 0 aliphatic heterocycles. The van der Waals surface area contributed by atoms with Gasteiger partial charge in [0.25, 0.3) is 0 Å². The molecular weight excluding hydrogens is 254 g/mol. The van der Waals surface area contributed by atoms with E-state index in [0.29, 0.717) is 5.56 Å². The molecule has 0 amide bonds. The third kappa shape index (κ3) is 6.18. The Morgan fingerprint density at radius 1 is 1.15 bits per heavy atom. The van der Waals surface area contributed by atoms with E-state index in [4.69, 9.17) is 5.11 Å². The van der Waals surface area contributed by atoms with Crippen LogP contribution in [0.15, 0.2) is 36.4 Å². The molecule has 0 fully saturated rings. The third-order valence-corrected chi connectivity index (χ3v) is 2.82. The Balaban J connectivity index is 2.41. The van der Waals surface area contributed by atoms with Crippen molar-refractivity contribution in [2.75, 3.05) is 11.9 Å². The minimum absolute atomic E-state index is 0.0456. The second kappa shape index (κ2) is 8.91. The molecule has 0 saturated heterocycles. The number of rotatable bonds is 9. The molecular formula is C16H21NO3. The molecule has 0 bridgehead atoms.